The number of amides is 1. The number of ether oxygens (including phenoxy) is 1. The van der Waals surface area contributed by atoms with E-state index in [-0.39, 0.29) is 11.3 Å². The Morgan fingerprint density at radius 3 is 2.38 bits per heavy atom. The Morgan fingerprint density at radius 1 is 0.949 bits per heavy atom. The van der Waals surface area contributed by atoms with Crippen LogP contribution in [-0.2, 0) is 14.9 Å². The molecule has 7 rings (SSSR count). The predicted octanol–water partition coefficient (Wildman–Crippen LogP) is 5.50. The molecule has 2 bridgehead atoms. The highest BCUT2D eigenvalue weighted by atomic mass is 16.5. The van der Waals surface area contributed by atoms with E-state index in [1.54, 1.807) is 0 Å². The minimum atomic E-state index is 0.0717. The highest BCUT2D eigenvalue weighted by molar-refractivity contribution is 5.79. The molecular weight excluding hydrogens is 484 g/mol. The average Bonchev–Trinajstić information content (AvgIpc) is 3.68. The molecule has 4 atom stereocenters. The van der Waals surface area contributed by atoms with E-state index in [0.717, 1.165) is 56.8 Å². The van der Waals surface area contributed by atoms with Gasteiger partial charge < -0.3 is 14.2 Å². The van der Waals surface area contributed by atoms with Gasteiger partial charge in [-0.3, -0.25) is 9.69 Å². The second-order valence-electron chi connectivity index (χ2n) is 12.5. The van der Waals surface area contributed by atoms with Gasteiger partial charge in [0.05, 0.1) is 23.6 Å². The number of carbonyl (C=O) groups is 1. The predicted molar refractivity (Wildman–Crippen MR) is 154 cm³/mol. The third-order valence-electron chi connectivity index (χ3n) is 10.5. The van der Waals surface area contributed by atoms with E-state index in [4.69, 9.17) is 9.72 Å². The molecule has 206 valence electrons. The first-order chi connectivity index (χ1) is 19.1. The molecule has 0 aliphatic carbocycles. The number of carbonyl (C=O) groups excluding carboxylic acids is 1. The fraction of sp³-hybridized carbons (Fsp3) is 0.576. The lowest BCUT2D eigenvalue weighted by Crippen LogP contribution is -2.50. The maximum Gasteiger partial charge on any atom is 0.228 e. The van der Waals surface area contributed by atoms with Gasteiger partial charge in [-0.15, -0.1) is 0 Å². The topological polar surface area (TPSA) is 50.6 Å². The van der Waals surface area contributed by atoms with Crippen LogP contribution in [0.15, 0.2) is 54.6 Å². The molecule has 5 heterocycles. The second kappa shape index (κ2) is 10.4. The Morgan fingerprint density at radius 2 is 1.67 bits per heavy atom. The van der Waals surface area contributed by atoms with Gasteiger partial charge in [0, 0.05) is 37.8 Å². The van der Waals surface area contributed by atoms with Crippen molar-refractivity contribution in [2.75, 3.05) is 32.8 Å². The van der Waals surface area contributed by atoms with Crippen molar-refractivity contribution in [3.8, 4) is 0 Å². The number of aryl methyl sites for hydroxylation is 1. The molecule has 6 heteroatoms. The van der Waals surface area contributed by atoms with Gasteiger partial charge in [0.15, 0.2) is 0 Å². The normalized spacial score (nSPS) is 28.8. The van der Waals surface area contributed by atoms with E-state index in [0.29, 0.717) is 30.6 Å². The largest absolute Gasteiger partial charge is 0.381 e. The number of fused-ring (bicyclic) bond motifs is 3. The van der Waals surface area contributed by atoms with Crippen molar-refractivity contribution in [2.45, 2.75) is 81.8 Å². The van der Waals surface area contributed by atoms with Crippen molar-refractivity contribution in [2.24, 2.45) is 5.92 Å². The van der Waals surface area contributed by atoms with Crippen LogP contribution in [0.1, 0.15) is 68.8 Å². The highest BCUT2D eigenvalue weighted by Gasteiger charge is 2.44. The number of hydrogen-bond acceptors (Lipinski definition) is 4. The monoisotopic (exact) mass is 526 g/mol. The number of aromatic nitrogens is 2. The molecule has 1 amide bonds. The first-order valence-corrected chi connectivity index (χ1v) is 15.2. The lowest BCUT2D eigenvalue weighted by Gasteiger charge is -2.46. The average molecular weight is 527 g/mol. The number of benzene rings is 2. The summed E-state index contributed by atoms with van der Waals surface area (Å²) < 4.78 is 8.05. The fourth-order valence-corrected chi connectivity index (χ4v) is 8.41. The zero-order valence-corrected chi connectivity index (χ0v) is 23.3. The molecule has 4 aliphatic rings. The summed E-state index contributed by atoms with van der Waals surface area (Å²) in [5, 5.41) is 0. The number of likely N-dealkylation sites (tertiary alicyclic amines) is 1. The van der Waals surface area contributed by atoms with Gasteiger partial charge in [-0.25, -0.2) is 4.98 Å². The van der Waals surface area contributed by atoms with Crippen LogP contribution in [0.5, 0.6) is 0 Å². The lowest BCUT2D eigenvalue weighted by atomic mass is 9.70. The first-order valence-electron chi connectivity index (χ1n) is 15.2. The molecule has 2 unspecified atom stereocenters. The van der Waals surface area contributed by atoms with Crippen LogP contribution in [0.2, 0.25) is 0 Å². The summed E-state index contributed by atoms with van der Waals surface area (Å²) in [7, 11) is 0. The second-order valence-corrected chi connectivity index (χ2v) is 12.5. The van der Waals surface area contributed by atoms with Crippen molar-refractivity contribution in [1.82, 2.24) is 19.4 Å². The molecule has 0 spiro atoms. The Bertz CT molecular complexity index is 1290. The SMILES string of the molecule is Cc1nc2ccccc2n1C1C[C@H]2CC[C@@H](C1)N2CCC1(c2ccccc2)CCN(C(=O)C2CCOC2)CC1. The number of hydrogen-bond donors (Lipinski definition) is 0. The lowest BCUT2D eigenvalue weighted by molar-refractivity contribution is -0.137. The maximum absolute atomic E-state index is 13.1. The maximum atomic E-state index is 13.1. The van der Waals surface area contributed by atoms with Crippen LogP contribution in [0, 0.1) is 12.8 Å². The van der Waals surface area contributed by atoms with E-state index < -0.39 is 0 Å². The number of para-hydroxylation sites is 2. The van der Waals surface area contributed by atoms with Crippen LogP contribution in [-0.4, -0.2) is 70.2 Å². The van der Waals surface area contributed by atoms with Crippen LogP contribution in [0.25, 0.3) is 11.0 Å². The van der Waals surface area contributed by atoms with Crippen LogP contribution >= 0.6 is 0 Å². The van der Waals surface area contributed by atoms with Crippen molar-refractivity contribution in [3.63, 3.8) is 0 Å². The highest BCUT2D eigenvalue weighted by Crippen LogP contribution is 2.45. The molecule has 4 saturated heterocycles. The molecule has 3 aromatic rings. The van der Waals surface area contributed by atoms with E-state index in [9.17, 15) is 4.79 Å². The first kappa shape index (κ1) is 25.3. The van der Waals surface area contributed by atoms with Crippen molar-refractivity contribution in [3.05, 3.63) is 66.0 Å². The molecule has 4 fully saturated rings. The molecule has 1 aromatic heterocycles. The molecule has 4 aliphatic heterocycles. The van der Waals surface area contributed by atoms with E-state index in [1.807, 2.05) is 0 Å². The molecule has 0 radical (unpaired) electrons. The Balaban J connectivity index is 1.06. The smallest absolute Gasteiger partial charge is 0.228 e. The standard InChI is InChI=1S/C33H42N4O2/c1-24-34-30-9-5-6-10-31(30)37(24)29-21-27-11-12-28(22-29)36(27)19-16-33(26-7-3-2-4-8-26)14-17-35(18-15-33)32(38)25-13-20-39-23-25/h2-10,25,27-29H,11-23H2,1H3/t25?,27-,28+,29?. The molecule has 0 saturated carbocycles. The van der Waals surface area contributed by atoms with Crippen molar-refractivity contribution < 1.29 is 9.53 Å². The zero-order chi connectivity index (χ0) is 26.4. The molecule has 39 heavy (non-hydrogen) atoms. The van der Waals surface area contributed by atoms with Gasteiger partial charge in [0.1, 0.15) is 5.82 Å². The summed E-state index contributed by atoms with van der Waals surface area (Å²) in [6.45, 7) is 6.40. The zero-order valence-electron chi connectivity index (χ0n) is 23.3. The van der Waals surface area contributed by atoms with E-state index in [1.165, 1.54) is 43.2 Å². The number of piperidine rings is 2. The summed E-state index contributed by atoms with van der Waals surface area (Å²) in [5.74, 6) is 1.54. The third kappa shape index (κ3) is 4.59. The summed E-state index contributed by atoms with van der Waals surface area (Å²) in [6, 6.07) is 21.7. The van der Waals surface area contributed by atoms with Gasteiger partial charge in [-0.2, -0.15) is 0 Å². The van der Waals surface area contributed by atoms with Crippen LogP contribution in [0.3, 0.4) is 0 Å². The van der Waals surface area contributed by atoms with Gasteiger partial charge in [-0.1, -0.05) is 42.5 Å². The quantitative estimate of drug-likeness (QED) is 0.426. The number of nitrogens with zero attached hydrogens (tertiary/aromatic N) is 4. The Hall–Kier alpha value is -2.70. The van der Waals surface area contributed by atoms with Gasteiger partial charge in [-0.05, 0) is 87.9 Å². The molecule has 0 N–H and O–H groups in total. The van der Waals surface area contributed by atoms with Gasteiger partial charge in [0.2, 0.25) is 5.91 Å². The minimum absolute atomic E-state index is 0.0717. The number of rotatable bonds is 6. The van der Waals surface area contributed by atoms with Gasteiger partial charge >= 0.3 is 0 Å². The summed E-state index contributed by atoms with van der Waals surface area (Å²) >= 11 is 0. The van der Waals surface area contributed by atoms with Crippen LogP contribution < -0.4 is 0 Å². The third-order valence-corrected chi connectivity index (χ3v) is 10.5. The van der Waals surface area contributed by atoms with Crippen molar-refractivity contribution in [1.29, 1.82) is 0 Å². The molecular formula is C33H42N4O2. The Kier molecular flexibility index (Phi) is 6.72. The molecule has 2 aromatic carbocycles. The Labute approximate surface area is 232 Å². The summed E-state index contributed by atoms with van der Waals surface area (Å²) in [4.78, 5) is 23.0. The van der Waals surface area contributed by atoms with E-state index >= 15 is 0 Å². The van der Waals surface area contributed by atoms with Crippen molar-refractivity contribution >= 4 is 16.9 Å². The van der Waals surface area contributed by atoms with E-state index in [2.05, 4.69) is 75.9 Å². The van der Waals surface area contributed by atoms with Crippen LogP contribution in [0.4, 0.5) is 0 Å². The summed E-state index contributed by atoms with van der Waals surface area (Å²) in [6.07, 6.45) is 9.25. The van der Waals surface area contributed by atoms with Gasteiger partial charge in [0.25, 0.3) is 0 Å². The molecule has 6 nitrogen and oxygen atoms in total. The fourth-order valence-electron chi connectivity index (χ4n) is 8.41. The summed E-state index contributed by atoms with van der Waals surface area (Å²) in [5.41, 5.74) is 4.03. The number of imidazole rings is 1. The minimum Gasteiger partial charge on any atom is -0.381 e.